The van der Waals surface area contributed by atoms with Gasteiger partial charge in [-0.25, -0.2) is 9.78 Å². The van der Waals surface area contributed by atoms with E-state index in [2.05, 4.69) is 15.3 Å². The van der Waals surface area contributed by atoms with Gasteiger partial charge in [0.05, 0.1) is 11.0 Å². The third-order valence-corrected chi connectivity index (χ3v) is 3.83. The highest BCUT2D eigenvalue weighted by atomic mass is 35.5. The molecule has 0 radical (unpaired) electrons. The van der Waals surface area contributed by atoms with Crippen molar-refractivity contribution in [3.63, 3.8) is 0 Å². The van der Waals surface area contributed by atoms with E-state index in [0.29, 0.717) is 32.4 Å². The molecule has 8 heteroatoms. The smallest absolute Gasteiger partial charge is 0.411 e. The number of fused-ring (bicyclic) bond motifs is 1. The molecule has 0 saturated carbocycles. The molecule has 23 heavy (non-hydrogen) atoms. The lowest BCUT2D eigenvalue weighted by molar-refractivity contribution is 0.209. The van der Waals surface area contributed by atoms with E-state index in [4.69, 9.17) is 33.0 Å². The molecule has 0 spiro atoms. The molecule has 1 heterocycles. The number of aromatic nitrogens is 2. The number of carbonyl (C=O) groups is 1. The third-order valence-electron chi connectivity index (χ3n) is 3.12. The van der Waals surface area contributed by atoms with Crippen LogP contribution in [0.4, 0.5) is 10.7 Å². The molecular formula is C15H11Cl2N3O3. The topological polar surface area (TPSA) is 87.2 Å². The van der Waals surface area contributed by atoms with Gasteiger partial charge in [-0.3, -0.25) is 5.32 Å². The van der Waals surface area contributed by atoms with Gasteiger partial charge >= 0.3 is 6.09 Å². The number of benzene rings is 2. The zero-order valence-corrected chi connectivity index (χ0v) is 13.1. The van der Waals surface area contributed by atoms with Gasteiger partial charge in [-0.1, -0.05) is 29.3 Å². The number of carboxylic acid groups (broad SMARTS) is 1. The number of imidazole rings is 1. The van der Waals surface area contributed by atoms with Crippen molar-refractivity contribution >= 4 is 46.3 Å². The lowest BCUT2D eigenvalue weighted by Crippen LogP contribution is -2.08. The van der Waals surface area contributed by atoms with Gasteiger partial charge in [-0.2, -0.15) is 0 Å². The first-order chi connectivity index (χ1) is 11.0. The Morgan fingerprint density at radius 1 is 1.26 bits per heavy atom. The molecule has 118 valence electrons. The van der Waals surface area contributed by atoms with Crippen LogP contribution in [0.2, 0.25) is 10.0 Å². The minimum atomic E-state index is -1.19. The first-order valence-corrected chi connectivity index (χ1v) is 7.34. The number of hydrogen-bond donors (Lipinski definition) is 3. The van der Waals surface area contributed by atoms with Crippen LogP contribution in [0.1, 0.15) is 5.56 Å². The van der Waals surface area contributed by atoms with E-state index >= 15 is 0 Å². The van der Waals surface area contributed by atoms with Crippen molar-refractivity contribution in [2.24, 2.45) is 0 Å². The molecule has 6 nitrogen and oxygen atoms in total. The SMILES string of the molecule is O=C(O)Nc1nc2ccc(OCc3c(Cl)cccc3Cl)cc2[nH]1. The molecule has 3 rings (SSSR count). The number of rotatable bonds is 4. The normalized spacial score (nSPS) is 10.7. The number of ether oxygens (including phenoxy) is 1. The Morgan fingerprint density at radius 2 is 2.00 bits per heavy atom. The Kier molecular flexibility index (Phi) is 4.27. The van der Waals surface area contributed by atoms with Crippen molar-refractivity contribution in [2.75, 3.05) is 5.32 Å². The van der Waals surface area contributed by atoms with Gasteiger partial charge < -0.3 is 14.8 Å². The minimum Gasteiger partial charge on any atom is -0.489 e. The largest absolute Gasteiger partial charge is 0.489 e. The number of anilines is 1. The van der Waals surface area contributed by atoms with Crippen LogP contribution in [0.25, 0.3) is 11.0 Å². The van der Waals surface area contributed by atoms with Gasteiger partial charge in [0.25, 0.3) is 0 Å². The second-order valence-corrected chi connectivity index (χ2v) is 5.50. The molecule has 3 N–H and O–H groups in total. The number of amides is 1. The quantitative estimate of drug-likeness (QED) is 0.643. The van der Waals surface area contributed by atoms with E-state index < -0.39 is 6.09 Å². The fourth-order valence-electron chi connectivity index (χ4n) is 2.06. The van der Waals surface area contributed by atoms with Gasteiger partial charge in [0.15, 0.2) is 0 Å². The predicted molar refractivity (Wildman–Crippen MR) is 88.5 cm³/mol. The first kappa shape index (κ1) is 15.5. The van der Waals surface area contributed by atoms with Gasteiger partial charge in [0, 0.05) is 21.7 Å². The highest BCUT2D eigenvalue weighted by molar-refractivity contribution is 6.35. The molecule has 0 fully saturated rings. The molecule has 0 unspecified atom stereocenters. The van der Waals surface area contributed by atoms with Crippen LogP contribution in [0.3, 0.4) is 0 Å². The molecule has 0 bridgehead atoms. The van der Waals surface area contributed by atoms with E-state index in [1.54, 1.807) is 36.4 Å². The zero-order chi connectivity index (χ0) is 16.4. The summed E-state index contributed by atoms with van der Waals surface area (Å²) in [6.45, 7) is 0.221. The van der Waals surface area contributed by atoms with Gasteiger partial charge in [0.1, 0.15) is 12.4 Å². The lowest BCUT2D eigenvalue weighted by atomic mass is 10.2. The Labute approximate surface area is 141 Å². The summed E-state index contributed by atoms with van der Waals surface area (Å²) in [6.07, 6.45) is -1.19. The molecule has 0 aliphatic rings. The number of nitrogens with one attached hydrogen (secondary N) is 2. The number of H-pyrrole nitrogens is 1. The summed E-state index contributed by atoms with van der Waals surface area (Å²) in [7, 11) is 0. The Morgan fingerprint density at radius 3 is 2.70 bits per heavy atom. The molecule has 0 aliphatic carbocycles. The summed E-state index contributed by atoms with van der Waals surface area (Å²) in [5.74, 6) is 0.734. The molecule has 3 aromatic rings. The van der Waals surface area contributed by atoms with Crippen molar-refractivity contribution in [3.8, 4) is 5.75 Å². The Balaban J connectivity index is 1.79. The van der Waals surface area contributed by atoms with E-state index in [1.165, 1.54) is 0 Å². The Hall–Kier alpha value is -2.44. The summed E-state index contributed by atoms with van der Waals surface area (Å²) in [5, 5.41) is 11.9. The highest BCUT2D eigenvalue weighted by Gasteiger charge is 2.09. The number of nitrogens with zero attached hydrogens (tertiary/aromatic N) is 1. The molecular weight excluding hydrogens is 341 g/mol. The van der Waals surface area contributed by atoms with Crippen LogP contribution < -0.4 is 10.1 Å². The second kappa shape index (κ2) is 6.36. The van der Waals surface area contributed by atoms with Crippen molar-refractivity contribution in [3.05, 3.63) is 52.0 Å². The second-order valence-electron chi connectivity index (χ2n) is 4.68. The van der Waals surface area contributed by atoms with Crippen LogP contribution in [-0.2, 0) is 6.61 Å². The summed E-state index contributed by atoms with van der Waals surface area (Å²) in [5.41, 5.74) is 1.97. The summed E-state index contributed by atoms with van der Waals surface area (Å²) >= 11 is 12.2. The van der Waals surface area contributed by atoms with Crippen LogP contribution in [0.15, 0.2) is 36.4 Å². The number of hydrogen-bond acceptors (Lipinski definition) is 3. The van der Waals surface area contributed by atoms with Gasteiger partial charge in [-0.05, 0) is 24.3 Å². The van der Waals surface area contributed by atoms with Crippen molar-refractivity contribution in [2.45, 2.75) is 6.61 Å². The molecule has 0 saturated heterocycles. The van der Waals surface area contributed by atoms with Gasteiger partial charge in [-0.15, -0.1) is 0 Å². The summed E-state index contributed by atoms with van der Waals surface area (Å²) < 4.78 is 5.70. The average Bonchev–Trinajstić information content (AvgIpc) is 2.87. The standard InChI is InChI=1S/C15H11Cl2N3O3/c16-10-2-1-3-11(17)9(10)7-23-8-4-5-12-13(6-8)19-14(18-12)20-15(21)22/h1-6H,7H2,(H,21,22)(H2,18,19,20). The van der Waals surface area contributed by atoms with E-state index in [1.807, 2.05) is 0 Å². The number of aromatic amines is 1. The van der Waals surface area contributed by atoms with Gasteiger partial charge in [0.2, 0.25) is 5.95 Å². The lowest BCUT2D eigenvalue weighted by Gasteiger charge is -2.09. The zero-order valence-electron chi connectivity index (χ0n) is 11.6. The molecule has 1 amide bonds. The van der Waals surface area contributed by atoms with Crippen molar-refractivity contribution in [1.29, 1.82) is 0 Å². The molecule has 1 aromatic heterocycles. The highest BCUT2D eigenvalue weighted by Crippen LogP contribution is 2.27. The molecule has 2 aromatic carbocycles. The maximum Gasteiger partial charge on any atom is 0.411 e. The fraction of sp³-hybridized carbons (Fsp3) is 0.0667. The number of halogens is 2. The predicted octanol–water partition coefficient (Wildman–Crippen LogP) is 4.54. The van der Waals surface area contributed by atoms with Crippen molar-refractivity contribution < 1.29 is 14.6 Å². The fourth-order valence-corrected chi connectivity index (χ4v) is 2.57. The maximum atomic E-state index is 10.6. The van der Waals surface area contributed by atoms with Crippen LogP contribution in [0, 0.1) is 0 Å². The third kappa shape index (κ3) is 3.49. The van der Waals surface area contributed by atoms with Crippen LogP contribution in [-0.4, -0.2) is 21.2 Å². The monoisotopic (exact) mass is 351 g/mol. The first-order valence-electron chi connectivity index (χ1n) is 6.58. The summed E-state index contributed by atoms with van der Waals surface area (Å²) in [6, 6.07) is 10.4. The van der Waals surface area contributed by atoms with E-state index in [0.717, 1.165) is 0 Å². The van der Waals surface area contributed by atoms with Crippen LogP contribution in [0.5, 0.6) is 5.75 Å². The maximum absolute atomic E-state index is 10.6. The van der Waals surface area contributed by atoms with E-state index in [9.17, 15) is 4.79 Å². The summed E-state index contributed by atoms with van der Waals surface area (Å²) in [4.78, 5) is 17.6. The molecule has 0 aliphatic heterocycles. The van der Waals surface area contributed by atoms with Crippen LogP contribution >= 0.6 is 23.2 Å². The minimum absolute atomic E-state index is 0.152. The molecule has 0 atom stereocenters. The Bertz CT molecular complexity index is 859. The van der Waals surface area contributed by atoms with Crippen molar-refractivity contribution in [1.82, 2.24) is 9.97 Å². The average molecular weight is 352 g/mol. The van der Waals surface area contributed by atoms with E-state index in [-0.39, 0.29) is 12.6 Å².